The molecule has 0 atom stereocenters. The first-order chi connectivity index (χ1) is 16.9. The summed E-state index contributed by atoms with van der Waals surface area (Å²) in [6, 6.07) is 24.0. The van der Waals surface area contributed by atoms with E-state index >= 15 is 0 Å². The van der Waals surface area contributed by atoms with Gasteiger partial charge in [0.05, 0.1) is 8.40 Å². The number of hydrogen-bond acceptors (Lipinski definition) is 1. The molecule has 0 amide bonds. The van der Waals surface area contributed by atoms with E-state index in [1.54, 1.807) is 0 Å². The summed E-state index contributed by atoms with van der Waals surface area (Å²) in [7, 11) is -0.994. The molecule has 0 spiro atoms. The molecule has 4 saturated carbocycles. The van der Waals surface area contributed by atoms with Crippen molar-refractivity contribution in [3.05, 3.63) is 108 Å². The first kappa shape index (κ1) is 29.8. The molecule has 37 heavy (non-hydrogen) atoms. The molecule has 0 unspecified atom stereocenters. The van der Waals surface area contributed by atoms with Crippen LogP contribution in [0.3, 0.4) is 0 Å². The van der Waals surface area contributed by atoms with E-state index in [0.29, 0.717) is 5.41 Å². The molecule has 2 nitrogen and oxygen atoms in total. The molecule has 0 aliphatic heterocycles. The summed E-state index contributed by atoms with van der Waals surface area (Å²) in [6.07, 6.45) is 9.16. The number of carbonyl (C=O) groups excluding carboxylic acids is 1. The van der Waals surface area contributed by atoms with Crippen molar-refractivity contribution in [2.75, 3.05) is 0 Å². The van der Waals surface area contributed by atoms with Crippen LogP contribution in [0, 0.1) is 37.2 Å². The molecule has 4 bridgehead atoms. The Hall–Kier alpha value is -1.78. The maximum absolute atomic E-state index is 11.4. The number of carbonyl (C=O) groups is 1. The molecular formula is C33H39NOSiTi. The summed E-state index contributed by atoms with van der Waals surface area (Å²) in [6.45, 7) is 3.75. The third kappa shape index (κ3) is 7.00. The van der Waals surface area contributed by atoms with Crippen LogP contribution in [0.2, 0.25) is 0 Å². The van der Waals surface area contributed by atoms with Gasteiger partial charge in [0, 0.05) is 5.41 Å². The van der Waals surface area contributed by atoms with E-state index in [9.17, 15) is 4.79 Å². The first-order valence-electron chi connectivity index (χ1n) is 13.1. The van der Waals surface area contributed by atoms with Gasteiger partial charge in [-0.3, -0.25) is 0 Å². The average Bonchev–Trinajstić information content (AvgIpc) is 3.22. The molecule has 4 heteroatoms. The second kappa shape index (κ2) is 12.8. The average molecular weight is 542 g/mol. The van der Waals surface area contributed by atoms with Gasteiger partial charge >= 0.3 is 21.7 Å². The topological polar surface area (TPSA) is 40.9 Å². The van der Waals surface area contributed by atoms with Gasteiger partial charge in [-0.05, 0) is 43.4 Å². The molecule has 5 aliphatic rings. The van der Waals surface area contributed by atoms with Crippen molar-refractivity contribution in [3.63, 3.8) is 0 Å². The summed E-state index contributed by atoms with van der Waals surface area (Å²) >= 11 is 0. The maximum Gasteiger partial charge on any atom is 4.00 e. The van der Waals surface area contributed by atoms with Crippen LogP contribution in [-0.4, -0.2) is 19.3 Å². The Balaban J connectivity index is 0.000000151. The Bertz CT molecular complexity index is 1100. The molecule has 1 aromatic heterocycles. The third-order valence-corrected chi connectivity index (χ3v) is 10.3. The molecule has 8 rings (SSSR count). The minimum absolute atomic E-state index is 0. The third-order valence-electron chi connectivity index (χ3n) is 8.14. The number of benzene rings is 2. The molecule has 0 saturated heterocycles. The number of hydrogen-bond donors (Lipinski definition) is 0. The normalized spacial score (nSPS) is 25.0. The second-order valence-corrected chi connectivity index (χ2v) is 13.3. The van der Waals surface area contributed by atoms with Crippen molar-refractivity contribution in [3.8, 4) is 11.1 Å². The zero-order valence-corrected chi connectivity index (χ0v) is 25.1. The largest absolute Gasteiger partial charge is 4.00 e. The van der Waals surface area contributed by atoms with Crippen LogP contribution in [0.25, 0.3) is 16.9 Å². The van der Waals surface area contributed by atoms with Crippen molar-refractivity contribution >= 4 is 13.8 Å². The number of rotatable bonds is 2. The standard InChI is InChI=1S/C13H9.C10H16N.C9H11OSi.CH3.Ti/c1-3-7-12-10(5-1)9-11-6-2-4-8-13(11)12;11-10-4-7-1-8(5-10)3-9(2-7)6-10;1-8(2)9(10)11-6-4-3-5-7-11;;/h1-5,7-8H,9H2;7-9,11H,1-6H2;3-7H,1-2H3;1H3;/q4*-1;+4. The maximum atomic E-state index is 11.4. The van der Waals surface area contributed by atoms with Crippen molar-refractivity contribution in [1.82, 2.24) is 0 Å². The summed E-state index contributed by atoms with van der Waals surface area (Å²) < 4.78 is 0. The molecular weight excluding hydrogens is 502 g/mol. The van der Waals surface area contributed by atoms with Gasteiger partial charge in [-0.2, -0.15) is 43.7 Å². The van der Waals surface area contributed by atoms with Gasteiger partial charge in [0.25, 0.3) is 0 Å². The summed E-state index contributed by atoms with van der Waals surface area (Å²) in [5, 5.41) is 0.315. The molecule has 4 fully saturated rings. The van der Waals surface area contributed by atoms with Crippen LogP contribution in [0.15, 0.2) is 72.0 Å². The van der Waals surface area contributed by atoms with Crippen LogP contribution in [0.5, 0.6) is 0 Å². The van der Waals surface area contributed by atoms with Crippen molar-refractivity contribution in [1.29, 1.82) is 0 Å². The Morgan fingerprint density at radius 1 is 0.892 bits per heavy atom. The van der Waals surface area contributed by atoms with Crippen LogP contribution < -0.4 is 0 Å². The van der Waals surface area contributed by atoms with Gasteiger partial charge in [-0.25, -0.2) is 0 Å². The summed E-state index contributed by atoms with van der Waals surface area (Å²) in [5.41, 5.74) is 17.8. The van der Waals surface area contributed by atoms with Gasteiger partial charge in [0.2, 0.25) is 0 Å². The summed E-state index contributed by atoms with van der Waals surface area (Å²) in [5.74, 6) is 3.78. The summed E-state index contributed by atoms with van der Waals surface area (Å²) in [4.78, 5) is 11.4. The van der Waals surface area contributed by atoms with Gasteiger partial charge in [0.1, 0.15) is 0 Å². The molecule has 2 aromatic carbocycles. The first-order valence-corrected chi connectivity index (χ1v) is 14.8. The predicted octanol–water partition coefficient (Wildman–Crippen LogP) is 8.48. The predicted molar refractivity (Wildman–Crippen MR) is 153 cm³/mol. The Morgan fingerprint density at radius 3 is 2.03 bits per heavy atom. The van der Waals surface area contributed by atoms with E-state index < -0.39 is 8.40 Å². The van der Waals surface area contributed by atoms with Gasteiger partial charge in [-0.15, -0.1) is 11.1 Å². The van der Waals surface area contributed by atoms with Gasteiger partial charge in [-0.1, -0.05) is 84.2 Å². The van der Waals surface area contributed by atoms with Crippen molar-refractivity contribution in [2.45, 2.75) is 64.3 Å². The molecule has 3 aromatic rings. The molecule has 1 N–H and O–H groups in total. The smallest absolute Gasteiger partial charge is 0.672 e. The molecule has 5 aliphatic carbocycles. The van der Waals surface area contributed by atoms with Crippen LogP contribution in [0.4, 0.5) is 0 Å². The second-order valence-electron chi connectivity index (χ2n) is 11.3. The molecule has 190 valence electrons. The zero-order chi connectivity index (χ0) is 24.4. The monoisotopic (exact) mass is 541 g/mol. The zero-order valence-electron chi connectivity index (χ0n) is 22.5. The minimum atomic E-state index is -0.994. The van der Waals surface area contributed by atoms with Crippen LogP contribution in [-0.2, 0) is 28.1 Å². The fraction of sp³-hybridized carbons (Fsp3) is 0.394. The quantitative estimate of drug-likeness (QED) is 0.185. The van der Waals surface area contributed by atoms with E-state index in [2.05, 4.69) is 42.5 Å². The van der Waals surface area contributed by atoms with Crippen LogP contribution in [0.1, 0.15) is 68.3 Å². The Labute approximate surface area is 240 Å². The fourth-order valence-electron chi connectivity index (χ4n) is 6.99. The van der Waals surface area contributed by atoms with Crippen molar-refractivity contribution < 1.29 is 26.5 Å². The van der Waals surface area contributed by atoms with Gasteiger partial charge < -0.3 is 23.9 Å². The molecule has 0 radical (unpaired) electrons. The van der Waals surface area contributed by atoms with Crippen LogP contribution >= 0.6 is 0 Å². The SMILES string of the molecule is C[C-](C)C(=O)[si]1ccccc1.[CH3-].[NH-]C12CC3CC(CC(C3)C1)C2.[Ti+4].[c-]1cccc2c1Cc1ccccc1-2. The van der Waals surface area contributed by atoms with Gasteiger partial charge in [0.15, 0.2) is 0 Å². The van der Waals surface area contributed by atoms with E-state index in [1.165, 1.54) is 60.8 Å². The molecule has 1 heterocycles. The Morgan fingerprint density at radius 2 is 1.46 bits per heavy atom. The van der Waals surface area contributed by atoms with E-state index in [4.69, 9.17) is 5.73 Å². The van der Waals surface area contributed by atoms with E-state index in [-0.39, 0.29) is 34.7 Å². The number of fused-ring (bicyclic) bond motifs is 3. The minimum Gasteiger partial charge on any atom is -0.672 e. The Kier molecular flexibility index (Phi) is 10.3. The van der Waals surface area contributed by atoms with Crippen molar-refractivity contribution in [2.24, 2.45) is 17.8 Å². The number of nitrogens with one attached hydrogen (secondary N) is 1. The fourth-order valence-corrected chi connectivity index (χ4v) is 8.61. The van der Waals surface area contributed by atoms with E-state index in [1.807, 2.05) is 49.5 Å². The van der Waals surface area contributed by atoms with E-state index in [0.717, 1.165) is 30.1 Å².